The highest BCUT2D eigenvalue weighted by atomic mass is 15.0. The molecule has 16 heavy (non-hydrogen) atoms. The predicted molar refractivity (Wildman–Crippen MR) is 66.5 cm³/mol. The molecule has 0 radical (unpaired) electrons. The number of hydrogen-bond donors (Lipinski definition) is 1. The first-order valence-corrected chi connectivity index (χ1v) is 5.80. The summed E-state index contributed by atoms with van der Waals surface area (Å²) < 4.78 is 2.14. The monoisotopic (exact) mass is 217 g/mol. The molecule has 0 bridgehead atoms. The fourth-order valence-corrected chi connectivity index (χ4v) is 1.75. The Morgan fingerprint density at radius 1 is 1.44 bits per heavy atom. The van der Waals surface area contributed by atoms with E-state index >= 15 is 0 Å². The van der Waals surface area contributed by atoms with Gasteiger partial charge in [0.2, 0.25) is 0 Å². The van der Waals surface area contributed by atoms with Crippen molar-refractivity contribution >= 4 is 5.65 Å². The molecule has 3 nitrogen and oxygen atoms in total. The maximum Gasteiger partial charge on any atom is 0.137 e. The Labute approximate surface area is 96.5 Å². The van der Waals surface area contributed by atoms with Crippen molar-refractivity contribution in [3.05, 3.63) is 35.8 Å². The Hall–Kier alpha value is -1.35. The molecule has 0 saturated heterocycles. The number of pyridine rings is 1. The molecule has 2 rings (SSSR count). The summed E-state index contributed by atoms with van der Waals surface area (Å²) in [4.78, 5) is 4.40. The summed E-state index contributed by atoms with van der Waals surface area (Å²) in [6, 6.07) is 4.21. The van der Waals surface area contributed by atoms with E-state index in [1.165, 1.54) is 11.3 Å². The molecule has 0 unspecified atom stereocenters. The Bertz CT molecular complexity index is 471. The lowest BCUT2D eigenvalue weighted by atomic mass is 10.2. The van der Waals surface area contributed by atoms with Gasteiger partial charge in [0, 0.05) is 12.7 Å². The first-order valence-electron chi connectivity index (χ1n) is 5.80. The van der Waals surface area contributed by atoms with Crippen molar-refractivity contribution in [2.75, 3.05) is 6.54 Å². The van der Waals surface area contributed by atoms with Crippen LogP contribution >= 0.6 is 0 Å². The van der Waals surface area contributed by atoms with Gasteiger partial charge in [-0.25, -0.2) is 4.98 Å². The van der Waals surface area contributed by atoms with Gasteiger partial charge in [0.05, 0.1) is 11.9 Å². The number of nitrogens with zero attached hydrogens (tertiary/aromatic N) is 2. The molecule has 0 aromatic carbocycles. The molecule has 86 valence electrons. The van der Waals surface area contributed by atoms with Gasteiger partial charge >= 0.3 is 0 Å². The van der Waals surface area contributed by atoms with Gasteiger partial charge in [-0.2, -0.15) is 0 Å². The molecule has 3 heteroatoms. The number of nitrogens with one attached hydrogen (secondary N) is 1. The van der Waals surface area contributed by atoms with Crippen LogP contribution < -0.4 is 5.32 Å². The third-order valence-corrected chi connectivity index (χ3v) is 2.60. The lowest BCUT2D eigenvalue weighted by Crippen LogP contribution is -2.19. The molecule has 0 saturated carbocycles. The Kier molecular flexibility index (Phi) is 3.25. The molecule has 0 aliphatic heterocycles. The van der Waals surface area contributed by atoms with E-state index in [0.717, 1.165) is 18.7 Å². The summed E-state index contributed by atoms with van der Waals surface area (Å²) in [6.07, 6.45) is 4.03. The molecule has 0 atom stereocenters. The highest BCUT2D eigenvalue weighted by Gasteiger charge is 2.02. The molecular formula is C13H19N3. The summed E-state index contributed by atoms with van der Waals surface area (Å²) in [5, 5.41) is 3.43. The first kappa shape index (κ1) is 11.1. The highest BCUT2D eigenvalue weighted by molar-refractivity contribution is 5.42. The zero-order valence-corrected chi connectivity index (χ0v) is 10.2. The average molecular weight is 217 g/mol. The van der Waals surface area contributed by atoms with Gasteiger partial charge in [0.15, 0.2) is 0 Å². The Balaban J connectivity index is 2.13. The fraction of sp³-hybridized carbons (Fsp3) is 0.462. The molecule has 0 aliphatic rings. The number of aryl methyl sites for hydroxylation is 1. The summed E-state index contributed by atoms with van der Waals surface area (Å²) in [7, 11) is 0. The molecule has 2 aromatic rings. The SMILES string of the molecule is Cc1ccn2c(CNCC(C)C)cnc2c1. The fourth-order valence-electron chi connectivity index (χ4n) is 1.75. The smallest absolute Gasteiger partial charge is 0.137 e. The molecule has 2 heterocycles. The zero-order chi connectivity index (χ0) is 11.5. The van der Waals surface area contributed by atoms with E-state index in [1.807, 2.05) is 6.20 Å². The Morgan fingerprint density at radius 3 is 3.00 bits per heavy atom. The Morgan fingerprint density at radius 2 is 2.25 bits per heavy atom. The van der Waals surface area contributed by atoms with Crippen LogP contribution in [0.15, 0.2) is 24.5 Å². The van der Waals surface area contributed by atoms with Crippen LogP contribution in [0.5, 0.6) is 0 Å². The zero-order valence-electron chi connectivity index (χ0n) is 10.2. The van der Waals surface area contributed by atoms with Gasteiger partial charge in [0.1, 0.15) is 5.65 Å². The minimum atomic E-state index is 0.682. The van der Waals surface area contributed by atoms with E-state index < -0.39 is 0 Å². The quantitative estimate of drug-likeness (QED) is 0.852. The average Bonchev–Trinajstić information content (AvgIpc) is 2.60. The van der Waals surface area contributed by atoms with Crippen molar-refractivity contribution in [1.29, 1.82) is 0 Å². The van der Waals surface area contributed by atoms with Crippen molar-refractivity contribution in [2.45, 2.75) is 27.3 Å². The van der Waals surface area contributed by atoms with Crippen LogP contribution in [0.3, 0.4) is 0 Å². The van der Waals surface area contributed by atoms with E-state index in [4.69, 9.17) is 0 Å². The van der Waals surface area contributed by atoms with Gasteiger partial charge < -0.3 is 9.72 Å². The molecular weight excluding hydrogens is 198 g/mol. The van der Waals surface area contributed by atoms with Crippen LogP contribution in [0.25, 0.3) is 5.65 Å². The molecule has 0 aliphatic carbocycles. The van der Waals surface area contributed by atoms with Crippen LogP contribution in [0.4, 0.5) is 0 Å². The van der Waals surface area contributed by atoms with Gasteiger partial charge in [-0.3, -0.25) is 0 Å². The second-order valence-electron chi connectivity index (χ2n) is 4.71. The van der Waals surface area contributed by atoms with Gasteiger partial charge in [-0.1, -0.05) is 13.8 Å². The van der Waals surface area contributed by atoms with E-state index in [1.54, 1.807) is 0 Å². The topological polar surface area (TPSA) is 29.3 Å². The summed E-state index contributed by atoms with van der Waals surface area (Å²) in [5.41, 5.74) is 3.50. The number of rotatable bonds is 4. The summed E-state index contributed by atoms with van der Waals surface area (Å²) >= 11 is 0. The molecule has 0 amide bonds. The lowest BCUT2D eigenvalue weighted by molar-refractivity contribution is 0.547. The lowest BCUT2D eigenvalue weighted by Gasteiger charge is -2.07. The van der Waals surface area contributed by atoms with E-state index in [-0.39, 0.29) is 0 Å². The van der Waals surface area contributed by atoms with Crippen molar-refractivity contribution in [3.8, 4) is 0 Å². The van der Waals surface area contributed by atoms with Gasteiger partial charge in [-0.05, 0) is 37.1 Å². The highest BCUT2D eigenvalue weighted by Crippen LogP contribution is 2.08. The normalized spacial score (nSPS) is 11.5. The number of hydrogen-bond acceptors (Lipinski definition) is 2. The van der Waals surface area contributed by atoms with Crippen LogP contribution in [0.1, 0.15) is 25.1 Å². The number of imidazole rings is 1. The van der Waals surface area contributed by atoms with Crippen LogP contribution in [0, 0.1) is 12.8 Å². The van der Waals surface area contributed by atoms with E-state index in [9.17, 15) is 0 Å². The number of fused-ring (bicyclic) bond motifs is 1. The van der Waals surface area contributed by atoms with Crippen LogP contribution in [-0.4, -0.2) is 15.9 Å². The molecule has 0 spiro atoms. The maximum atomic E-state index is 4.40. The van der Waals surface area contributed by atoms with Crippen molar-refractivity contribution in [1.82, 2.24) is 14.7 Å². The minimum Gasteiger partial charge on any atom is -0.311 e. The summed E-state index contributed by atoms with van der Waals surface area (Å²) in [5.74, 6) is 0.682. The van der Waals surface area contributed by atoms with Crippen molar-refractivity contribution in [3.63, 3.8) is 0 Å². The first-order chi connectivity index (χ1) is 7.66. The number of aromatic nitrogens is 2. The van der Waals surface area contributed by atoms with Crippen molar-refractivity contribution < 1.29 is 0 Å². The molecule has 0 fully saturated rings. The third kappa shape index (κ3) is 2.42. The van der Waals surface area contributed by atoms with E-state index in [0.29, 0.717) is 5.92 Å². The second-order valence-corrected chi connectivity index (χ2v) is 4.71. The van der Waals surface area contributed by atoms with Gasteiger partial charge in [0.25, 0.3) is 0 Å². The predicted octanol–water partition coefficient (Wildman–Crippen LogP) is 2.39. The third-order valence-electron chi connectivity index (χ3n) is 2.60. The van der Waals surface area contributed by atoms with Crippen LogP contribution in [0.2, 0.25) is 0 Å². The summed E-state index contributed by atoms with van der Waals surface area (Å²) in [6.45, 7) is 8.43. The van der Waals surface area contributed by atoms with Crippen molar-refractivity contribution in [2.24, 2.45) is 5.92 Å². The largest absolute Gasteiger partial charge is 0.311 e. The standard InChI is InChI=1S/C13H19N3/c1-10(2)7-14-8-12-9-15-13-6-11(3)4-5-16(12)13/h4-6,9-10,14H,7-8H2,1-3H3. The van der Waals surface area contributed by atoms with Gasteiger partial charge in [-0.15, -0.1) is 0 Å². The molecule has 1 N–H and O–H groups in total. The van der Waals surface area contributed by atoms with Crippen LogP contribution in [-0.2, 0) is 6.54 Å². The van der Waals surface area contributed by atoms with E-state index in [2.05, 4.69) is 53.8 Å². The second kappa shape index (κ2) is 4.66. The molecule has 2 aromatic heterocycles. The minimum absolute atomic E-state index is 0.682. The maximum absolute atomic E-state index is 4.40.